The van der Waals surface area contributed by atoms with E-state index in [1.807, 2.05) is 50.2 Å². The number of benzene rings is 2. The van der Waals surface area contributed by atoms with Gasteiger partial charge in [0.15, 0.2) is 6.10 Å². The normalized spacial score (nSPS) is 12.2. The maximum atomic E-state index is 12.2. The van der Waals surface area contributed by atoms with E-state index in [4.69, 9.17) is 4.74 Å². The lowest BCUT2D eigenvalue weighted by atomic mass is 10.1. The lowest BCUT2D eigenvalue weighted by Crippen LogP contribution is -2.40. The zero-order valence-corrected chi connectivity index (χ0v) is 12.3. The number of carbonyl (C=O) groups excluding carboxylic acids is 1. The molecule has 1 atom stereocenters. The van der Waals surface area contributed by atoms with Gasteiger partial charge in [-0.2, -0.15) is 0 Å². The van der Waals surface area contributed by atoms with E-state index in [0.29, 0.717) is 13.1 Å². The molecule has 0 bridgehead atoms. The number of hydrogen-bond donors (Lipinski definition) is 0. The van der Waals surface area contributed by atoms with E-state index in [9.17, 15) is 4.79 Å². The Bertz CT molecular complexity index is 590. The van der Waals surface area contributed by atoms with Crippen molar-refractivity contribution in [2.75, 3.05) is 13.1 Å². The Morgan fingerprint density at radius 2 is 1.75 bits per heavy atom. The molecule has 0 radical (unpaired) electrons. The number of ether oxygens (including phenoxy) is 1. The van der Waals surface area contributed by atoms with Crippen molar-refractivity contribution >= 4 is 16.7 Å². The highest BCUT2D eigenvalue weighted by molar-refractivity contribution is 5.84. The molecule has 2 rings (SSSR count). The minimum absolute atomic E-state index is 0.0307. The van der Waals surface area contributed by atoms with Crippen LogP contribution in [0.5, 0.6) is 5.75 Å². The smallest absolute Gasteiger partial charge is 0.263 e. The molecule has 0 heterocycles. The first-order chi connectivity index (χ1) is 9.65. The molecule has 1 amide bonds. The third-order valence-electron chi connectivity index (χ3n) is 3.46. The fourth-order valence-corrected chi connectivity index (χ4v) is 2.29. The number of rotatable bonds is 5. The van der Waals surface area contributed by atoms with Gasteiger partial charge in [0.2, 0.25) is 0 Å². The van der Waals surface area contributed by atoms with Gasteiger partial charge in [-0.05, 0) is 43.7 Å². The van der Waals surface area contributed by atoms with Crippen molar-refractivity contribution in [1.82, 2.24) is 4.90 Å². The Kier molecular flexibility index (Phi) is 4.61. The van der Waals surface area contributed by atoms with E-state index in [-0.39, 0.29) is 5.91 Å². The van der Waals surface area contributed by atoms with Crippen LogP contribution >= 0.6 is 0 Å². The van der Waals surface area contributed by atoms with Crippen LogP contribution < -0.4 is 4.74 Å². The van der Waals surface area contributed by atoms with Gasteiger partial charge in [-0.25, -0.2) is 0 Å². The quantitative estimate of drug-likeness (QED) is 0.833. The van der Waals surface area contributed by atoms with Gasteiger partial charge in [-0.1, -0.05) is 30.3 Å². The highest BCUT2D eigenvalue weighted by atomic mass is 16.5. The highest BCUT2D eigenvalue weighted by Crippen LogP contribution is 2.21. The molecule has 20 heavy (non-hydrogen) atoms. The minimum atomic E-state index is -0.462. The van der Waals surface area contributed by atoms with E-state index in [1.54, 1.807) is 11.8 Å². The van der Waals surface area contributed by atoms with Crippen LogP contribution in [0.4, 0.5) is 0 Å². The molecule has 0 saturated heterocycles. The first kappa shape index (κ1) is 14.4. The van der Waals surface area contributed by atoms with Crippen molar-refractivity contribution in [3.8, 4) is 5.75 Å². The average Bonchev–Trinajstić information content (AvgIpc) is 2.48. The second-order valence-electron chi connectivity index (χ2n) is 4.78. The molecular weight excluding hydrogens is 250 g/mol. The Balaban J connectivity index is 2.13. The average molecular weight is 271 g/mol. The lowest BCUT2D eigenvalue weighted by Gasteiger charge is -2.23. The summed E-state index contributed by atoms with van der Waals surface area (Å²) in [5.74, 6) is 0.764. The predicted molar refractivity (Wildman–Crippen MR) is 82.0 cm³/mol. The molecule has 3 heteroatoms. The summed E-state index contributed by atoms with van der Waals surface area (Å²) in [7, 11) is 0. The number of hydrogen-bond acceptors (Lipinski definition) is 2. The topological polar surface area (TPSA) is 29.5 Å². The van der Waals surface area contributed by atoms with Crippen LogP contribution in [0, 0.1) is 0 Å². The van der Waals surface area contributed by atoms with Crippen molar-refractivity contribution in [2.24, 2.45) is 0 Å². The van der Waals surface area contributed by atoms with Crippen LogP contribution in [0.15, 0.2) is 42.5 Å². The zero-order chi connectivity index (χ0) is 14.5. The van der Waals surface area contributed by atoms with Gasteiger partial charge in [0, 0.05) is 13.1 Å². The largest absolute Gasteiger partial charge is 0.481 e. The Morgan fingerprint density at radius 1 is 1.10 bits per heavy atom. The number of nitrogens with zero attached hydrogens (tertiary/aromatic N) is 1. The molecule has 3 nitrogen and oxygen atoms in total. The van der Waals surface area contributed by atoms with Gasteiger partial charge < -0.3 is 9.64 Å². The van der Waals surface area contributed by atoms with Crippen LogP contribution in [0.1, 0.15) is 20.8 Å². The number of carbonyl (C=O) groups is 1. The summed E-state index contributed by atoms with van der Waals surface area (Å²) in [4.78, 5) is 14.0. The molecule has 0 aliphatic carbocycles. The standard InChI is InChI=1S/C17H21NO2/c1-4-18(5-2)17(19)13(3)20-16-11-10-14-8-6-7-9-15(14)12-16/h6-13H,4-5H2,1-3H3/t13-/m1/s1. The van der Waals surface area contributed by atoms with Crippen LogP contribution in [0.2, 0.25) is 0 Å². The third kappa shape index (κ3) is 3.10. The molecule has 0 aromatic heterocycles. The molecule has 0 fully saturated rings. The summed E-state index contributed by atoms with van der Waals surface area (Å²) in [6, 6.07) is 14.0. The van der Waals surface area contributed by atoms with Crippen LogP contribution in [-0.2, 0) is 4.79 Å². The van der Waals surface area contributed by atoms with Crippen LogP contribution in [-0.4, -0.2) is 30.0 Å². The second kappa shape index (κ2) is 6.42. The molecule has 0 aliphatic heterocycles. The van der Waals surface area contributed by atoms with Crippen molar-refractivity contribution < 1.29 is 9.53 Å². The van der Waals surface area contributed by atoms with Crippen molar-refractivity contribution in [3.05, 3.63) is 42.5 Å². The van der Waals surface area contributed by atoms with Gasteiger partial charge >= 0.3 is 0 Å². The van der Waals surface area contributed by atoms with Crippen LogP contribution in [0.25, 0.3) is 10.8 Å². The number of fused-ring (bicyclic) bond motifs is 1. The Hall–Kier alpha value is -2.03. The molecule has 0 saturated carbocycles. The SMILES string of the molecule is CCN(CC)C(=O)[C@@H](C)Oc1ccc2ccccc2c1. The molecule has 2 aromatic carbocycles. The number of amides is 1. The summed E-state index contributed by atoms with van der Waals surface area (Å²) in [6.45, 7) is 7.17. The Labute approximate surface area is 120 Å². The van der Waals surface area contributed by atoms with Crippen molar-refractivity contribution in [2.45, 2.75) is 26.9 Å². The maximum absolute atomic E-state index is 12.2. The third-order valence-corrected chi connectivity index (χ3v) is 3.46. The van der Waals surface area contributed by atoms with Gasteiger partial charge in [0.05, 0.1) is 0 Å². The van der Waals surface area contributed by atoms with Crippen LogP contribution in [0.3, 0.4) is 0 Å². The van der Waals surface area contributed by atoms with E-state index < -0.39 is 6.10 Å². The molecule has 0 aliphatic rings. The minimum Gasteiger partial charge on any atom is -0.481 e. The van der Waals surface area contributed by atoms with Gasteiger partial charge in [0.25, 0.3) is 5.91 Å². The summed E-state index contributed by atoms with van der Waals surface area (Å²) in [5.41, 5.74) is 0. The molecule has 0 N–H and O–H groups in total. The Morgan fingerprint density at radius 3 is 2.40 bits per heavy atom. The molecule has 0 unspecified atom stereocenters. The molecule has 0 spiro atoms. The predicted octanol–water partition coefficient (Wildman–Crippen LogP) is 3.48. The van der Waals surface area contributed by atoms with E-state index in [2.05, 4.69) is 6.07 Å². The fraction of sp³-hybridized carbons (Fsp3) is 0.353. The molecule has 2 aromatic rings. The second-order valence-corrected chi connectivity index (χ2v) is 4.78. The van der Waals surface area contributed by atoms with Gasteiger partial charge in [0.1, 0.15) is 5.75 Å². The monoisotopic (exact) mass is 271 g/mol. The molecular formula is C17H21NO2. The van der Waals surface area contributed by atoms with Gasteiger partial charge in [-0.3, -0.25) is 4.79 Å². The highest BCUT2D eigenvalue weighted by Gasteiger charge is 2.19. The summed E-state index contributed by atoms with van der Waals surface area (Å²) in [5, 5.41) is 2.29. The van der Waals surface area contributed by atoms with E-state index in [0.717, 1.165) is 11.1 Å². The first-order valence-corrected chi connectivity index (χ1v) is 7.10. The maximum Gasteiger partial charge on any atom is 0.263 e. The van der Waals surface area contributed by atoms with Gasteiger partial charge in [-0.15, -0.1) is 0 Å². The first-order valence-electron chi connectivity index (χ1n) is 7.10. The van der Waals surface area contributed by atoms with E-state index in [1.165, 1.54) is 5.39 Å². The summed E-state index contributed by atoms with van der Waals surface area (Å²) >= 11 is 0. The molecule has 106 valence electrons. The fourth-order valence-electron chi connectivity index (χ4n) is 2.29. The summed E-state index contributed by atoms with van der Waals surface area (Å²) in [6.07, 6.45) is -0.462. The van der Waals surface area contributed by atoms with Crippen molar-refractivity contribution in [3.63, 3.8) is 0 Å². The number of likely N-dealkylation sites (N-methyl/N-ethyl adjacent to an activating group) is 1. The zero-order valence-electron chi connectivity index (χ0n) is 12.3. The lowest BCUT2D eigenvalue weighted by molar-refractivity contribution is -0.137. The van der Waals surface area contributed by atoms with Crippen molar-refractivity contribution in [1.29, 1.82) is 0 Å². The van der Waals surface area contributed by atoms with E-state index >= 15 is 0 Å². The summed E-state index contributed by atoms with van der Waals surface area (Å²) < 4.78 is 5.78.